The number of fused-ring (bicyclic) bond motifs is 1. The Morgan fingerprint density at radius 1 is 1.15 bits per heavy atom. The summed E-state index contributed by atoms with van der Waals surface area (Å²) in [5.41, 5.74) is 0.591. The van der Waals surface area contributed by atoms with Crippen LogP contribution in [0.5, 0.6) is 0 Å². The SMILES string of the molecule is O=C(NC1CCCCC1)c1nc2sccn2c1-c1ccc(C(F)(F)F)cc1. The molecule has 4 rings (SSSR count). The second-order valence-corrected chi connectivity index (χ2v) is 7.62. The first-order valence-corrected chi connectivity index (χ1v) is 9.75. The van der Waals surface area contributed by atoms with Crippen molar-refractivity contribution in [2.75, 3.05) is 0 Å². The van der Waals surface area contributed by atoms with Gasteiger partial charge in [-0.2, -0.15) is 13.2 Å². The van der Waals surface area contributed by atoms with Crippen molar-refractivity contribution in [3.05, 3.63) is 47.1 Å². The van der Waals surface area contributed by atoms with E-state index in [2.05, 4.69) is 10.3 Å². The number of thiazole rings is 1. The van der Waals surface area contributed by atoms with Gasteiger partial charge in [0.05, 0.1) is 11.3 Å². The number of nitrogens with one attached hydrogen (secondary N) is 1. The maximum atomic E-state index is 12.9. The number of nitrogens with zero attached hydrogens (tertiary/aromatic N) is 2. The zero-order chi connectivity index (χ0) is 19.0. The summed E-state index contributed by atoms with van der Waals surface area (Å²) in [4.78, 5) is 17.9. The first-order valence-electron chi connectivity index (χ1n) is 8.87. The molecule has 8 heteroatoms. The van der Waals surface area contributed by atoms with Gasteiger partial charge in [-0.1, -0.05) is 31.4 Å². The minimum absolute atomic E-state index is 0.131. The van der Waals surface area contributed by atoms with Crippen LogP contribution in [0.3, 0.4) is 0 Å². The molecular weight excluding hydrogens is 375 g/mol. The average molecular weight is 393 g/mol. The summed E-state index contributed by atoms with van der Waals surface area (Å²) in [6, 6.07) is 4.97. The molecule has 0 bridgehead atoms. The molecule has 1 amide bonds. The summed E-state index contributed by atoms with van der Waals surface area (Å²) in [5.74, 6) is -0.271. The van der Waals surface area contributed by atoms with E-state index in [9.17, 15) is 18.0 Å². The Balaban J connectivity index is 1.70. The normalized spacial score (nSPS) is 16.0. The van der Waals surface area contributed by atoms with Crippen LogP contribution in [-0.2, 0) is 6.18 Å². The van der Waals surface area contributed by atoms with Crippen LogP contribution in [0.1, 0.15) is 48.2 Å². The van der Waals surface area contributed by atoms with E-state index in [1.165, 1.54) is 29.9 Å². The van der Waals surface area contributed by atoms with Crippen molar-refractivity contribution in [2.24, 2.45) is 0 Å². The largest absolute Gasteiger partial charge is 0.416 e. The fraction of sp³-hybridized carbons (Fsp3) is 0.368. The lowest BCUT2D eigenvalue weighted by Crippen LogP contribution is -2.36. The highest BCUT2D eigenvalue weighted by atomic mass is 32.1. The fourth-order valence-corrected chi connectivity index (χ4v) is 4.25. The Kier molecular flexibility index (Phi) is 4.67. The topological polar surface area (TPSA) is 46.4 Å². The van der Waals surface area contributed by atoms with Crippen LogP contribution in [0.15, 0.2) is 35.8 Å². The highest BCUT2D eigenvalue weighted by molar-refractivity contribution is 7.15. The molecule has 0 spiro atoms. The van der Waals surface area contributed by atoms with Gasteiger partial charge in [-0.3, -0.25) is 9.20 Å². The second kappa shape index (κ2) is 6.99. The Morgan fingerprint density at radius 3 is 2.52 bits per heavy atom. The molecule has 0 saturated heterocycles. The molecule has 1 aromatic carbocycles. The molecule has 27 heavy (non-hydrogen) atoms. The quantitative estimate of drug-likeness (QED) is 0.669. The van der Waals surface area contributed by atoms with E-state index < -0.39 is 11.7 Å². The molecule has 1 aliphatic carbocycles. The Labute approximate surface area is 158 Å². The molecular formula is C19H18F3N3OS. The standard InChI is InChI=1S/C19H18F3N3OS/c20-19(21,22)13-8-6-12(7-9-13)16-15(24-18-25(16)10-11-27-18)17(26)23-14-4-2-1-3-5-14/h6-11,14H,1-5H2,(H,23,26). The zero-order valence-corrected chi connectivity index (χ0v) is 15.2. The van der Waals surface area contributed by atoms with Crippen molar-refractivity contribution in [1.82, 2.24) is 14.7 Å². The van der Waals surface area contributed by atoms with Gasteiger partial charge in [0.25, 0.3) is 5.91 Å². The fourth-order valence-electron chi connectivity index (χ4n) is 3.54. The Hall–Kier alpha value is -2.35. The number of aromatic nitrogens is 2. The summed E-state index contributed by atoms with van der Waals surface area (Å²) >= 11 is 1.38. The van der Waals surface area contributed by atoms with Crippen molar-refractivity contribution in [3.63, 3.8) is 0 Å². The highest BCUT2D eigenvalue weighted by Crippen LogP contribution is 2.33. The number of rotatable bonds is 3. The number of carbonyl (C=O) groups is 1. The van der Waals surface area contributed by atoms with E-state index in [4.69, 9.17) is 0 Å². The predicted molar refractivity (Wildman–Crippen MR) is 97.8 cm³/mol. The van der Waals surface area contributed by atoms with E-state index in [-0.39, 0.29) is 17.6 Å². The van der Waals surface area contributed by atoms with Crippen molar-refractivity contribution < 1.29 is 18.0 Å². The minimum Gasteiger partial charge on any atom is -0.348 e. The lowest BCUT2D eigenvalue weighted by Gasteiger charge is -2.22. The van der Waals surface area contributed by atoms with Crippen LogP contribution in [0.4, 0.5) is 13.2 Å². The number of benzene rings is 1. The molecule has 1 N–H and O–H groups in total. The molecule has 2 heterocycles. The van der Waals surface area contributed by atoms with Crippen LogP contribution >= 0.6 is 11.3 Å². The summed E-state index contributed by atoms with van der Waals surface area (Å²) in [5, 5.41) is 4.87. The van der Waals surface area contributed by atoms with Gasteiger partial charge >= 0.3 is 6.18 Å². The zero-order valence-electron chi connectivity index (χ0n) is 14.4. The number of hydrogen-bond donors (Lipinski definition) is 1. The van der Waals surface area contributed by atoms with Crippen LogP contribution in [0, 0.1) is 0 Å². The van der Waals surface area contributed by atoms with Gasteiger partial charge in [-0.25, -0.2) is 4.98 Å². The predicted octanol–water partition coefficient (Wildman–Crippen LogP) is 5.14. The molecule has 4 nitrogen and oxygen atoms in total. The molecule has 0 unspecified atom stereocenters. The number of amides is 1. The van der Waals surface area contributed by atoms with Crippen molar-refractivity contribution >= 4 is 22.2 Å². The Morgan fingerprint density at radius 2 is 1.85 bits per heavy atom. The smallest absolute Gasteiger partial charge is 0.348 e. The van der Waals surface area contributed by atoms with Gasteiger partial charge < -0.3 is 5.32 Å². The second-order valence-electron chi connectivity index (χ2n) is 6.75. The summed E-state index contributed by atoms with van der Waals surface area (Å²) in [7, 11) is 0. The van der Waals surface area contributed by atoms with E-state index in [1.54, 1.807) is 10.6 Å². The van der Waals surface area contributed by atoms with Crippen molar-refractivity contribution in [1.29, 1.82) is 0 Å². The van der Waals surface area contributed by atoms with Crippen molar-refractivity contribution in [3.8, 4) is 11.3 Å². The molecule has 0 radical (unpaired) electrons. The molecule has 0 atom stereocenters. The average Bonchev–Trinajstić information content (AvgIpc) is 3.23. The summed E-state index contributed by atoms with van der Waals surface area (Å²) < 4.78 is 40.3. The molecule has 1 aliphatic rings. The van der Waals surface area contributed by atoms with E-state index in [0.717, 1.165) is 37.8 Å². The third-order valence-electron chi connectivity index (χ3n) is 4.90. The number of imidazole rings is 1. The van der Waals surface area contributed by atoms with Gasteiger partial charge in [-0.05, 0) is 25.0 Å². The molecule has 0 aliphatic heterocycles. The highest BCUT2D eigenvalue weighted by Gasteiger charge is 2.30. The first kappa shape index (κ1) is 18.0. The number of hydrogen-bond acceptors (Lipinski definition) is 3. The summed E-state index contributed by atoms with van der Waals surface area (Å²) in [6.45, 7) is 0. The van der Waals surface area contributed by atoms with Gasteiger partial charge in [0.15, 0.2) is 10.7 Å². The number of carbonyl (C=O) groups excluding carboxylic acids is 1. The minimum atomic E-state index is -4.39. The first-order chi connectivity index (χ1) is 12.9. The molecule has 142 valence electrons. The van der Waals surface area contributed by atoms with Crippen molar-refractivity contribution in [2.45, 2.75) is 44.3 Å². The lowest BCUT2D eigenvalue weighted by molar-refractivity contribution is -0.137. The molecule has 1 saturated carbocycles. The molecule has 1 fully saturated rings. The monoisotopic (exact) mass is 393 g/mol. The van der Waals surface area contributed by atoms with E-state index in [1.807, 2.05) is 5.38 Å². The molecule has 2 aromatic heterocycles. The van der Waals surface area contributed by atoms with Gasteiger partial charge in [0.1, 0.15) is 0 Å². The van der Waals surface area contributed by atoms with Crippen LogP contribution in [0.2, 0.25) is 0 Å². The van der Waals surface area contributed by atoms with Crippen LogP contribution < -0.4 is 5.32 Å². The number of halogens is 3. The van der Waals surface area contributed by atoms with Gasteiger partial charge in [-0.15, -0.1) is 11.3 Å². The maximum absolute atomic E-state index is 12.9. The Bertz CT molecular complexity index is 953. The maximum Gasteiger partial charge on any atom is 0.416 e. The lowest BCUT2D eigenvalue weighted by atomic mass is 9.95. The van der Waals surface area contributed by atoms with Gasteiger partial charge in [0.2, 0.25) is 0 Å². The van der Waals surface area contributed by atoms with Crippen LogP contribution in [0.25, 0.3) is 16.2 Å². The van der Waals surface area contributed by atoms with E-state index >= 15 is 0 Å². The molecule has 3 aromatic rings. The van der Waals surface area contributed by atoms with Crippen LogP contribution in [-0.4, -0.2) is 21.3 Å². The summed E-state index contributed by atoms with van der Waals surface area (Å²) in [6.07, 6.45) is 2.65. The number of alkyl halides is 3. The van der Waals surface area contributed by atoms with Gasteiger partial charge in [0, 0.05) is 23.2 Å². The third kappa shape index (κ3) is 3.58. The van der Waals surface area contributed by atoms with E-state index in [0.29, 0.717) is 16.2 Å². The third-order valence-corrected chi connectivity index (χ3v) is 5.66.